The maximum atomic E-state index is 9.58. The van der Waals surface area contributed by atoms with E-state index in [1.807, 2.05) is 12.1 Å². The normalized spacial score (nSPS) is 10.9. The number of hydrogen-bond donors (Lipinski definition) is 0. The predicted octanol–water partition coefficient (Wildman–Crippen LogP) is 5.03. The van der Waals surface area contributed by atoms with Crippen LogP contribution in [-0.4, -0.2) is 60.6 Å². The molecule has 0 saturated carbocycles. The highest BCUT2D eigenvalue weighted by molar-refractivity contribution is 5.65. The second-order valence-electron chi connectivity index (χ2n) is 8.81. The van der Waals surface area contributed by atoms with Crippen molar-refractivity contribution in [1.82, 2.24) is 4.90 Å². The zero-order chi connectivity index (χ0) is 26.0. The molecule has 0 bridgehead atoms. The summed E-state index contributed by atoms with van der Waals surface area (Å²) in [5, 5.41) is 9.58. The Bertz CT molecular complexity index is 1010. The lowest BCUT2D eigenvalue weighted by atomic mass is 9.87. The third kappa shape index (κ3) is 6.73. The molecule has 0 N–H and O–H groups in total. The molecule has 0 aromatic heterocycles. The van der Waals surface area contributed by atoms with E-state index in [0.717, 1.165) is 60.5 Å². The molecule has 0 heterocycles. The first-order valence-corrected chi connectivity index (χ1v) is 12.0. The fourth-order valence-corrected chi connectivity index (χ4v) is 4.55. The van der Waals surface area contributed by atoms with Crippen LogP contribution < -0.4 is 23.7 Å². The van der Waals surface area contributed by atoms with E-state index >= 15 is 0 Å². The van der Waals surface area contributed by atoms with Gasteiger partial charge in [-0.15, -0.1) is 0 Å². The smallest absolute Gasteiger partial charge is 0.203 e. The van der Waals surface area contributed by atoms with Crippen LogP contribution in [0.1, 0.15) is 48.4 Å². The monoisotopic (exact) mass is 484 g/mol. The molecule has 0 saturated heterocycles. The van der Waals surface area contributed by atoms with Gasteiger partial charge in [0.1, 0.15) is 0 Å². The fourth-order valence-electron chi connectivity index (χ4n) is 4.55. The summed E-state index contributed by atoms with van der Waals surface area (Å²) >= 11 is 0. The zero-order valence-corrected chi connectivity index (χ0v) is 22.5. The van der Waals surface area contributed by atoms with Gasteiger partial charge in [-0.3, -0.25) is 0 Å². The Labute approximate surface area is 210 Å². The van der Waals surface area contributed by atoms with E-state index in [1.54, 1.807) is 35.5 Å². The van der Waals surface area contributed by atoms with Crippen molar-refractivity contribution in [3.05, 3.63) is 40.5 Å². The van der Waals surface area contributed by atoms with Crippen molar-refractivity contribution in [2.75, 3.05) is 55.7 Å². The summed E-state index contributed by atoms with van der Waals surface area (Å²) < 4.78 is 28.0. The van der Waals surface area contributed by atoms with Crippen molar-refractivity contribution >= 4 is 0 Å². The highest BCUT2D eigenvalue weighted by Crippen LogP contribution is 2.48. The molecule has 0 unspecified atom stereocenters. The summed E-state index contributed by atoms with van der Waals surface area (Å²) in [6, 6.07) is 8.38. The first-order valence-electron chi connectivity index (χ1n) is 12.0. The molecule has 0 radical (unpaired) electrons. The number of nitriles is 1. The minimum atomic E-state index is 0.177. The number of likely N-dealkylation sites (N-methyl/N-ethyl adjacent to an activating group) is 1. The van der Waals surface area contributed by atoms with Crippen LogP contribution in [-0.2, 0) is 19.3 Å². The molecule has 7 heteroatoms. The highest BCUT2D eigenvalue weighted by Gasteiger charge is 2.27. The van der Waals surface area contributed by atoms with Crippen LogP contribution in [0.2, 0.25) is 0 Å². The zero-order valence-electron chi connectivity index (χ0n) is 22.5. The van der Waals surface area contributed by atoms with Crippen LogP contribution in [0.3, 0.4) is 0 Å². The third-order valence-corrected chi connectivity index (χ3v) is 6.26. The lowest BCUT2D eigenvalue weighted by Crippen LogP contribution is -2.23. The number of methoxy groups -OCH3 is 5. The molecular formula is C28H40N2O5. The standard InChI is InChI=1S/C28H40N2O5/c1-19(2)25-21(13-15-29)22(26(33-6)28(35-8)27(25)34-7)10-9-16-30(3)17-14-20-11-12-23(31-4)24(18-20)32-5/h11-12,18-19H,9-10,13-14,16-17H2,1-8H3. The van der Waals surface area contributed by atoms with Crippen molar-refractivity contribution in [3.63, 3.8) is 0 Å². The van der Waals surface area contributed by atoms with Gasteiger partial charge in [-0.05, 0) is 62.0 Å². The molecule has 0 spiro atoms. The average Bonchev–Trinajstić information content (AvgIpc) is 2.86. The number of rotatable bonds is 14. The Balaban J connectivity index is 2.18. The Morgan fingerprint density at radius 2 is 1.46 bits per heavy atom. The largest absolute Gasteiger partial charge is 0.493 e. The van der Waals surface area contributed by atoms with E-state index in [2.05, 4.69) is 37.9 Å². The highest BCUT2D eigenvalue weighted by atomic mass is 16.5. The van der Waals surface area contributed by atoms with E-state index in [1.165, 1.54) is 5.56 Å². The second-order valence-corrected chi connectivity index (χ2v) is 8.81. The molecule has 0 amide bonds. The van der Waals surface area contributed by atoms with Gasteiger partial charge >= 0.3 is 0 Å². The summed E-state index contributed by atoms with van der Waals surface area (Å²) in [6.45, 7) is 6.04. The van der Waals surface area contributed by atoms with Crippen molar-refractivity contribution in [2.45, 2.75) is 45.4 Å². The van der Waals surface area contributed by atoms with Crippen LogP contribution >= 0.6 is 0 Å². The van der Waals surface area contributed by atoms with Gasteiger partial charge in [-0.1, -0.05) is 19.9 Å². The molecule has 2 rings (SSSR count). The van der Waals surface area contributed by atoms with Crippen molar-refractivity contribution in [1.29, 1.82) is 5.26 Å². The number of hydrogen-bond acceptors (Lipinski definition) is 7. The van der Waals surface area contributed by atoms with Crippen LogP contribution in [0.4, 0.5) is 0 Å². The first-order chi connectivity index (χ1) is 16.9. The molecule has 0 aliphatic carbocycles. The summed E-state index contributed by atoms with van der Waals surface area (Å²) in [5.41, 5.74) is 4.24. The van der Waals surface area contributed by atoms with Gasteiger partial charge in [0.25, 0.3) is 0 Å². The molecule has 7 nitrogen and oxygen atoms in total. The Morgan fingerprint density at radius 1 is 0.800 bits per heavy atom. The van der Waals surface area contributed by atoms with Gasteiger partial charge in [0.15, 0.2) is 23.0 Å². The molecule has 0 atom stereocenters. The van der Waals surface area contributed by atoms with Crippen LogP contribution in [0.5, 0.6) is 28.7 Å². The summed E-state index contributed by atoms with van der Waals surface area (Å²) in [5.74, 6) is 3.57. The van der Waals surface area contributed by atoms with Crippen molar-refractivity contribution in [2.24, 2.45) is 0 Å². The number of benzene rings is 2. The lowest BCUT2D eigenvalue weighted by Gasteiger charge is -2.25. The molecule has 2 aromatic carbocycles. The van der Waals surface area contributed by atoms with Crippen LogP contribution in [0.15, 0.2) is 18.2 Å². The van der Waals surface area contributed by atoms with Gasteiger partial charge in [0.2, 0.25) is 5.75 Å². The lowest BCUT2D eigenvalue weighted by molar-refractivity contribution is 0.314. The van der Waals surface area contributed by atoms with Crippen LogP contribution in [0.25, 0.3) is 0 Å². The van der Waals surface area contributed by atoms with Gasteiger partial charge in [-0.25, -0.2) is 0 Å². The fraction of sp³-hybridized carbons (Fsp3) is 0.536. The topological polar surface area (TPSA) is 73.2 Å². The number of nitrogens with zero attached hydrogens (tertiary/aromatic N) is 2. The predicted molar refractivity (Wildman–Crippen MR) is 139 cm³/mol. The summed E-state index contributed by atoms with van der Waals surface area (Å²) in [7, 11) is 10.3. The minimum absolute atomic E-state index is 0.177. The maximum absolute atomic E-state index is 9.58. The Hall–Kier alpha value is -3.11. The summed E-state index contributed by atoms with van der Waals surface area (Å²) in [4.78, 5) is 2.32. The van der Waals surface area contributed by atoms with E-state index in [4.69, 9.17) is 23.7 Å². The maximum Gasteiger partial charge on any atom is 0.203 e. The Kier molecular flexibility index (Phi) is 11.0. The van der Waals surface area contributed by atoms with Gasteiger partial charge < -0.3 is 28.6 Å². The van der Waals surface area contributed by atoms with Gasteiger partial charge in [0, 0.05) is 17.7 Å². The van der Waals surface area contributed by atoms with Gasteiger partial charge in [0.05, 0.1) is 48.0 Å². The van der Waals surface area contributed by atoms with Crippen LogP contribution in [0, 0.1) is 11.3 Å². The second kappa shape index (κ2) is 13.7. The van der Waals surface area contributed by atoms with Crippen molar-refractivity contribution < 1.29 is 23.7 Å². The van der Waals surface area contributed by atoms with Crippen molar-refractivity contribution in [3.8, 4) is 34.8 Å². The quantitative estimate of drug-likeness (QED) is 0.372. The summed E-state index contributed by atoms with van der Waals surface area (Å²) in [6.07, 6.45) is 2.91. The average molecular weight is 485 g/mol. The first kappa shape index (κ1) is 28.1. The minimum Gasteiger partial charge on any atom is -0.493 e. The molecule has 192 valence electrons. The molecule has 0 fully saturated rings. The molecule has 0 aliphatic rings. The molecular weight excluding hydrogens is 444 g/mol. The SMILES string of the molecule is COc1ccc(CCN(C)CCCc2c(CC#N)c(C(C)C)c(OC)c(OC)c2OC)cc1OC. The van der Waals surface area contributed by atoms with E-state index in [-0.39, 0.29) is 5.92 Å². The molecule has 35 heavy (non-hydrogen) atoms. The third-order valence-electron chi connectivity index (χ3n) is 6.26. The van der Waals surface area contributed by atoms with E-state index in [0.29, 0.717) is 23.7 Å². The molecule has 0 aliphatic heterocycles. The van der Waals surface area contributed by atoms with E-state index < -0.39 is 0 Å². The van der Waals surface area contributed by atoms with E-state index in [9.17, 15) is 5.26 Å². The van der Waals surface area contributed by atoms with Gasteiger partial charge in [-0.2, -0.15) is 5.26 Å². The number of ether oxygens (including phenoxy) is 5. The molecule has 2 aromatic rings. The Morgan fingerprint density at radius 3 is 2.00 bits per heavy atom.